The van der Waals surface area contributed by atoms with E-state index in [1.165, 1.54) is 0 Å². The molecule has 112 valence electrons. The molecule has 0 bridgehead atoms. The number of likely N-dealkylation sites (tertiary alicyclic amines) is 1. The average Bonchev–Trinajstić information content (AvgIpc) is 2.82. The van der Waals surface area contributed by atoms with Crippen molar-refractivity contribution in [2.75, 3.05) is 26.2 Å². The maximum Gasteiger partial charge on any atom is 0.226 e. The van der Waals surface area contributed by atoms with Gasteiger partial charge in [0.2, 0.25) is 11.8 Å². The van der Waals surface area contributed by atoms with Gasteiger partial charge in [0.1, 0.15) is 0 Å². The van der Waals surface area contributed by atoms with Crippen LogP contribution >= 0.6 is 0 Å². The predicted octanol–water partition coefficient (Wildman–Crippen LogP) is 0.686. The van der Waals surface area contributed by atoms with Gasteiger partial charge in [-0.15, -0.1) is 0 Å². The second kappa shape index (κ2) is 6.26. The van der Waals surface area contributed by atoms with Crippen molar-refractivity contribution in [2.24, 2.45) is 5.92 Å². The monoisotopic (exact) mass is 287 g/mol. The van der Waals surface area contributed by atoms with Gasteiger partial charge in [0.25, 0.3) is 0 Å². The molecule has 0 aromatic heterocycles. The third kappa shape index (κ3) is 3.24. The van der Waals surface area contributed by atoms with E-state index < -0.39 is 0 Å². The van der Waals surface area contributed by atoms with Crippen LogP contribution in [0.3, 0.4) is 0 Å². The number of nitrogens with zero attached hydrogens (tertiary/aromatic N) is 1. The van der Waals surface area contributed by atoms with Gasteiger partial charge in [-0.25, -0.2) is 0 Å². The van der Waals surface area contributed by atoms with E-state index >= 15 is 0 Å². The molecule has 0 saturated carbocycles. The largest absolute Gasteiger partial charge is 0.347 e. The molecule has 21 heavy (non-hydrogen) atoms. The summed E-state index contributed by atoms with van der Waals surface area (Å²) in [7, 11) is 0. The minimum absolute atomic E-state index is 0.0606. The normalized spacial score (nSPS) is 20.2. The van der Waals surface area contributed by atoms with Crippen molar-refractivity contribution in [1.29, 1.82) is 0 Å². The number of carbonyl (C=O) groups is 2. The fourth-order valence-corrected chi connectivity index (χ4v) is 2.80. The standard InChI is InChI=1S/C16H21N3O2/c20-15-7-4-8-19(15)11-14(12-5-2-1-3-6-12)18-16(21)13-9-17-10-13/h1-3,5-6,13-14,17H,4,7-11H2,(H,18,21). The highest BCUT2D eigenvalue weighted by atomic mass is 16.2. The summed E-state index contributed by atoms with van der Waals surface area (Å²) >= 11 is 0. The van der Waals surface area contributed by atoms with Gasteiger partial charge < -0.3 is 15.5 Å². The third-order valence-electron chi connectivity index (χ3n) is 4.25. The molecule has 5 nitrogen and oxygen atoms in total. The highest BCUT2D eigenvalue weighted by Crippen LogP contribution is 2.19. The zero-order chi connectivity index (χ0) is 14.7. The molecule has 2 N–H and O–H groups in total. The smallest absolute Gasteiger partial charge is 0.226 e. The quantitative estimate of drug-likeness (QED) is 0.837. The zero-order valence-electron chi connectivity index (χ0n) is 12.0. The molecule has 2 aliphatic rings. The van der Waals surface area contributed by atoms with Crippen LogP contribution in [-0.4, -0.2) is 42.9 Å². The molecule has 1 atom stereocenters. The topological polar surface area (TPSA) is 61.4 Å². The van der Waals surface area contributed by atoms with Gasteiger partial charge in [-0.2, -0.15) is 0 Å². The molecule has 1 aromatic rings. The van der Waals surface area contributed by atoms with Crippen molar-refractivity contribution in [3.8, 4) is 0 Å². The lowest BCUT2D eigenvalue weighted by Crippen LogP contribution is -2.52. The van der Waals surface area contributed by atoms with Crippen molar-refractivity contribution in [3.63, 3.8) is 0 Å². The average molecular weight is 287 g/mol. The number of hydrogen-bond donors (Lipinski definition) is 2. The molecule has 0 radical (unpaired) electrons. The second-order valence-electron chi connectivity index (χ2n) is 5.77. The van der Waals surface area contributed by atoms with Crippen molar-refractivity contribution in [1.82, 2.24) is 15.5 Å². The highest BCUT2D eigenvalue weighted by Gasteiger charge is 2.29. The third-order valence-corrected chi connectivity index (χ3v) is 4.25. The molecule has 0 spiro atoms. The van der Waals surface area contributed by atoms with E-state index in [-0.39, 0.29) is 23.8 Å². The van der Waals surface area contributed by atoms with Crippen LogP contribution in [0.5, 0.6) is 0 Å². The second-order valence-corrected chi connectivity index (χ2v) is 5.77. The van der Waals surface area contributed by atoms with E-state index in [0.717, 1.165) is 31.6 Å². The minimum atomic E-state index is -0.124. The maximum atomic E-state index is 12.2. The lowest BCUT2D eigenvalue weighted by atomic mass is 10.0. The Bertz CT molecular complexity index is 514. The van der Waals surface area contributed by atoms with Gasteiger partial charge in [0, 0.05) is 32.6 Å². The molecule has 3 rings (SSSR count). The van der Waals surface area contributed by atoms with Crippen LogP contribution < -0.4 is 10.6 Å². The Kier molecular flexibility index (Phi) is 4.20. The Morgan fingerprint density at radius 2 is 2.10 bits per heavy atom. The summed E-state index contributed by atoms with van der Waals surface area (Å²) in [4.78, 5) is 25.9. The highest BCUT2D eigenvalue weighted by molar-refractivity contribution is 5.81. The van der Waals surface area contributed by atoms with Crippen molar-refractivity contribution in [3.05, 3.63) is 35.9 Å². The Balaban J connectivity index is 1.70. The number of nitrogens with one attached hydrogen (secondary N) is 2. The Morgan fingerprint density at radius 3 is 2.67 bits per heavy atom. The number of hydrogen-bond acceptors (Lipinski definition) is 3. The summed E-state index contributed by atoms with van der Waals surface area (Å²) in [5.74, 6) is 0.329. The van der Waals surface area contributed by atoms with Gasteiger partial charge in [0.05, 0.1) is 12.0 Å². The summed E-state index contributed by atoms with van der Waals surface area (Å²) in [5, 5.41) is 6.22. The Hall–Kier alpha value is -1.88. The van der Waals surface area contributed by atoms with Gasteiger partial charge in [-0.1, -0.05) is 30.3 Å². The summed E-state index contributed by atoms with van der Waals surface area (Å²) in [6.45, 7) is 2.85. The molecule has 2 aliphatic heterocycles. The van der Waals surface area contributed by atoms with E-state index in [9.17, 15) is 9.59 Å². The Labute approximate surface area is 124 Å². The lowest BCUT2D eigenvalue weighted by molar-refractivity contribution is -0.130. The van der Waals surface area contributed by atoms with Crippen molar-refractivity contribution < 1.29 is 9.59 Å². The van der Waals surface area contributed by atoms with Crippen LogP contribution in [0, 0.1) is 5.92 Å². The fraction of sp³-hybridized carbons (Fsp3) is 0.500. The Morgan fingerprint density at radius 1 is 1.33 bits per heavy atom. The van der Waals surface area contributed by atoms with Crippen LogP contribution in [0.15, 0.2) is 30.3 Å². The van der Waals surface area contributed by atoms with Crippen LogP contribution in [0.4, 0.5) is 0 Å². The van der Waals surface area contributed by atoms with Crippen LogP contribution in [0.1, 0.15) is 24.4 Å². The molecule has 1 aromatic carbocycles. The summed E-state index contributed by atoms with van der Waals surface area (Å²) < 4.78 is 0. The van der Waals surface area contributed by atoms with Crippen LogP contribution in [0.25, 0.3) is 0 Å². The molecular weight excluding hydrogens is 266 g/mol. The first-order chi connectivity index (χ1) is 10.2. The first-order valence-corrected chi connectivity index (χ1v) is 7.58. The lowest BCUT2D eigenvalue weighted by Gasteiger charge is -2.30. The molecular formula is C16H21N3O2. The maximum absolute atomic E-state index is 12.2. The summed E-state index contributed by atoms with van der Waals surface area (Å²) in [6, 6.07) is 9.77. The molecule has 2 fully saturated rings. The molecule has 0 aliphatic carbocycles. The van der Waals surface area contributed by atoms with Gasteiger partial charge >= 0.3 is 0 Å². The van der Waals surface area contributed by atoms with Crippen molar-refractivity contribution >= 4 is 11.8 Å². The predicted molar refractivity (Wildman–Crippen MR) is 79.5 cm³/mol. The van der Waals surface area contributed by atoms with Crippen molar-refractivity contribution in [2.45, 2.75) is 18.9 Å². The van der Waals surface area contributed by atoms with E-state index in [1.54, 1.807) is 0 Å². The van der Waals surface area contributed by atoms with Crippen LogP contribution in [0.2, 0.25) is 0 Å². The van der Waals surface area contributed by atoms with Gasteiger partial charge in [-0.05, 0) is 12.0 Å². The summed E-state index contributed by atoms with van der Waals surface area (Å²) in [6.07, 6.45) is 1.54. The van der Waals surface area contributed by atoms with Gasteiger partial charge in [0.15, 0.2) is 0 Å². The number of rotatable bonds is 5. The van der Waals surface area contributed by atoms with E-state index in [4.69, 9.17) is 0 Å². The number of benzene rings is 1. The van der Waals surface area contributed by atoms with Gasteiger partial charge in [-0.3, -0.25) is 9.59 Å². The molecule has 2 saturated heterocycles. The summed E-state index contributed by atoms with van der Waals surface area (Å²) in [5.41, 5.74) is 1.05. The van der Waals surface area contributed by atoms with E-state index in [0.29, 0.717) is 13.0 Å². The van der Waals surface area contributed by atoms with E-state index in [1.807, 2.05) is 35.2 Å². The first kappa shape index (κ1) is 14.1. The molecule has 1 unspecified atom stereocenters. The van der Waals surface area contributed by atoms with Crippen LogP contribution in [-0.2, 0) is 9.59 Å². The SMILES string of the molecule is O=C(NC(CN1CCCC1=O)c1ccccc1)C1CNC1. The minimum Gasteiger partial charge on any atom is -0.347 e. The molecule has 5 heteroatoms. The number of amides is 2. The zero-order valence-corrected chi connectivity index (χ0v) is 12.0. The fourth-order valence-electron chi connectivity index (χ4n) is 2.80. The molecule has 2 amide bonds. The van der Waals surface area contributed by atoms with E-state index in [2.05, 4.69) is 10.6 Å². The number of carbonyl (C=O) groups excluding carboxylic acids is 2. The molecule has 2 heterocycles. The first-order valence-electron chi connectivity index (χ1n) is 7.58.